The Balaban J connectivity index is 1.76. The monoisotopic (exact) mass is 224 g/mol. The number of anilines is 1. The highest BCUT2D eigenvalue weighted by Crippen LogP contribution is 2.18. The van der Waals surface area contributed by atoms with Gasteiger partial charge >= 0.3 is 0 Å². The Morgan fingerprint density at radius 2 is 2.18 bits per heavy atom. The average molecular weight is 224 g/mol. The molecule has 4 heteroatoms. The van der Waals surface area contributed by atoms with E-state index in [1.54, 1.807) is 18.6 Å². The van der Waals surface area contributed by atoms with Crippen LogP contribution in [0.25, 0.3) is 10.9 Å². The topological polar surface area (TPSA) is 53.6 Å². The van der Waals surface area contributed by atoms with E-state index in [1.807, 2.05) is 6.20 Å². The number of aromatic nitrogens is 3. The van der Waals surface area contributed by atoms with Crippen molar-refractivity contribution in [2.45, 2.75) is 6.54 Å². The maximum absolute atomic E-state index is 4.21. The van der Waals surface area contributed by atoms with E-state index in [-0.39, 0.29) is 0 Å². The lowest BCUT2D eigenvalue weighted by Crippen LogP contribution is -2.01. The van der Waals surface area contributed by atoms with Crippen molar-refractivity contribution in [1.82, 2.24) is 15.0 Å². The number of nitrogens with zero attached hydrogens (tertiary/aromatic N) is 2. The number of fused-ring (bicyclic) bond motifs is 1. The van der Waals surface area contributed by atoms with Crippen molar-refractivity contribution in [3.8, 4) is 0 Å². The molecule has 0 radical (unpaired) electrons. The summed E-state index contributed by atoms with van der Waals surface area (Å²) in [6.07, 6.45) is 7.08. The van der Waals surface area contributed by atoms with Crippen molar-refractivity contribution in [2.75, 3.05) is 5.32 Å². The molecule has 0 amide bonds. The third-order valence-corrected chi connectivity index (χ3v) is 2.64. The molecule has 3 aromatic rings. The number of benzene rings is 1. The molecule has 0 unspecified atom stereocenters. The smallest absolute Gasteiger partial charge is 0.0777 e. The Hall–Kier alpha value is -2.36. The molecule has 2 aromatic heterocycles. The van der Waals surface area contributed by atoms with Crippen LogP contribution in [0.15, 0.2) is 49.1 Å². The first-order chi connectivity index (χ1) is 8.42. The number of rotatable bonds is 3. The Morgan fingerprint density at radius 3 is 3.06 bits per heavy atom. The van der Waals surface area contributed by atoms with Gasteiger partial charge in [0, 0.05) is 35.2 Å². The van der Waals surface area contributed by atoms with E-state index >= 15 is 0 Å². The van der Waals surface area contributed by atoms with Gasteiger partial charge in [-0.05, 0) is 24.3 Å². The molecule has 1 aromatic carbocycles. The van der Waals surface area contributed by atoms with Crippen molar-refractivity contribution in [3.05, 3.63) is 54.7 Å². The zero-order valence-corrected chi connectivity index (χ0v) is 9.22. The van der Waals surface area contributed by atoms with Crippen molar-refractivity contribution < 1.29 is 0 Å². The van der Waals surface area contributed by atoms with E-state index in [9.17, 15) is 0 Å². The minimum Gasteiger partial charge on any atom is -0.379 e. The first kappa shape index (κ1) is 9.84. The summed E-state index contributed by atoms with van der Waals surface area (Å²) >= 11 is 0. The summed E-state index contributed by atoms with van der Waals surface area (Å²) in [5.74, 6) is 0. The van der Waals surface area contributed by atoms with E-state index in [1.165, 1.54) is 5.39 Å². The summed E-state index contributed by atoms with van der Waals surface area (Å²) in [5.41, 5.74) is 3.17. The molecule has 0 aliphatic rings. The Kier molecular flexibility index (Phi) is 2.46. The summed E-state index contributed by atoms with van der Waals surface area (Å²) < 4.78 is 0. The third-order valence-electron chi connectivity index (χ3n) is 2.64. The van der Waals surface area contributed by atoms with Crippen LogP contribution >= 0.6 is 0 Å². The molecule has 4 nitrogen and oxygen atoms in total. The molecule has 2 heterocycles. The van der Waals surface area contributed by atoms with E-state index in [0.29, 0.717) is 6.54 Å². The van der Waals surface area contributed by atoms with Crippen LogP contribution in [0.1, 0.15) is 5.69 Å². The number of nitrogens with one attached hydrogen (secondary N) is 2. The van der Waals surface area contributed by atoms with Crippen LogP contribution in [0.5, 0.6) is 0 Å². The standard InChI is InChI=1S/C13H12N4/c1-2-13-10(3-4-16-13)7-11(1)17-9-12-8-14-5-6-15-12/h1-8,16-17H,9H2. The fourth-order valence-corrected chi connectivity index (χ4v) is 1.78. The van der Waals surface area contributed by atoms with Crippen LogP contribution in [0.3, 0.4) is 0 Å². The minimum atomic E-state index is 0.684. The van der Waals surface area contributed by atoms with Gasteiger partial charge in [0.15, 0.2) is 0 Å². The van der Waals surface area contributed by atoms with E-state index in [4.69, 9.17) is 0 Å². The first-order valence-electron chi connectivity index (χ1n) is 5.48. The molecule has 0 saturated carbocycles. The van der Waals surface area contributed by atoms with Crippen LogP contribution in [0.4, 0.5) is 5.69 Å². The van der Waals surface area contributed by atoms with E-state index in [2.05, 4.69) is 44.5 Å². The molecule has 0 aliphatic heterocycles. The molecule has 0 aliphatic carbocycles. The van der Waals surface area contributed by atoms with Crippen molar-refractivity contribution in [3.63, 3.8) is 0 Å². The molecule has 0 atom stereocenters. The molecule has 0 fully saturated rings. The van der Waals surface area contributed by atoms with E-state index in [0.717, 1.165) is 16.9 Å². The van der Waals surface area contributed by atoms with Gasteiger partial charge in [0.05, 0.1) is 18.4 Å². The van der Waals surface area contributed by atoms with Crippen molar-refractivity contribution in [2.24, 2.45) is 0 Å². The minimum absolute atomic E-state index is 0.684. The van der Waals surface area contributed by atoms with Gasteiger partial charge < -0.3 is 10.3 Å². The maximum atomic E-state index is 4.21. The molecule has 0 spiro atoms. The van der Waals surface area contributed by atoms with Gasteiger partial charge in [-0.3, -0.25) is 9.97 Å². The molecule has 0 saturated heterocycles. The lowest BCUT2D eigenvalue weighted by Gasteiger charge is -2.05. The Bertz CT molecular complexity index is 615. The molecule has 2 N–H and O–H groups in total. The highest BCUT2D eigenvalue weighted by Gasteiger charge is 1.98. The largest absolute Gasteiger partial charge is 0.379 e. The molecule has 3 rings (SSSR count). The summed E-state index contributed by atoms with van der Waals surface area (Å²) in [6, 6.07) is 8.29. The van der Waals surface area contributed by atoms with Crippen molar-refractivity contribution in [1.29, 1.82) is 0 Å². The molecule has 84 valence electrons. The number of H-pyrrole nitrogens is 1. The predicted molar refractivity (Wildman–Crippen MR) is 67.7 cm³/mol. The van der Waals surface area contributed by atoms with Gasteiger partial charge in [0.1, 0.15) is 0 Å². The first-order valence-corrected chi connectivity index (χ1v) is 5.48. The number of hydrogen-bond acceptors (Lipinski definition) is 3. The van der Waals surface area contributed by atoms with Gasteiger partial charge in [-0.2, -0.15) is 0 Å². The zero-order valence-electron chi connectivity index (χ0n) is 9.22. The fraction of sp³-hybridized carbons (Fsp3) is 0.0769. The molecule has 0 bridgehead atoms. The number of aromatic amines is 1. The summed E-state index contributed by atoms with van der Waals surface area (Å²) in [4.78, 5) is 11.4. The van der Waals surface area contributed by atoms with Crippen molar-refractivity contribution >= 4 is 16.6 Å². The zero-order chi connectivity index (χ0) is 11.5. The normalized spacial score (nSPS) is 10.6. The summed E-state index contributed by atoms with van der Waals surface area (Å²) in [5, 5.41) is 4.53. The third kappa shape index (κ3) is 2.10. The lowest BCUT2D eigenvalue weighted by atomic mass is 10.2. The van der Waals surface area contributed by atoms with Crippen LogP contribution in [-0.4, -0.2) is 15.0 Å². The molecule has 17 heavy (non-hydrogen) atoms. The van der Waals surface area contributed by atoms with Gasteiger partial charge in [0.25, 0.3) is 0 Å². The number of hydrogen-bond donors (Lipinski definition) is 2. The second-order valence-electron chi connectivity index (χ2n) is 3.83. The average Bonchev–Trinajstić information content (AvgIpc) is 2.85. The molecular weight excluding hydrogens is 212 g/mol. The lowest BCUT2D eigenvalue weighted by molar-refractivity contribution is 1.01. The second kappa shape index (κ2) is 4.25. The SMILES string of the molecule is c1cnc(CNc2ccc3[nH]ccc3c2)cn1. The van der Waals surface area contributed by atoms with Gasteiger partial charge in [-0.25, -0.2) is 0 Å². The Morgan fingerprint density at radius 1 is 1.18 bits per heavy atom. The highest BCUT2D eigenvalue weighted by molar-refractivity contribution is 5.82. The summed E-state index contributed by atoms with van der Waals surface area (Å²) in [7, 11) is 0. The second-order valence-corrected chi connectivity index (χ2v) is 3.83. The predicted octanol–water partition coefficient (Wildman–Crippen LogP) is 2.57. The van der Waals surface area contributed by atoms with Gasteiger partial charge in [-0.15, -0.1) is 0 Å². The van der Waals surface area contributed by atoms with Crippen LogP contribution in [-0.2, 0) is 6.54 Å². The van der Waals surface area contributed by atoms with E-state index < -0.39 is 0 Å². The van der Waals surface area contributed by atoms with Gasteiger partial charge in [0.2, 0.25) is 0 Å². The summed E-state index contributed by atoms with van der Waals surface area (Å²) in [6.45, 7) is 0.684. The van der Waals surface area contributed by atoms with Crippen LogP contribution in [0.2, 0.25) is 0 Å². The van der Waals surface area contributed by atoms with Gasteiger partial charge in [-0.1, -0.05) is 0 Å². The van der Waals surface area contributed by atoms with Crippen LogP contribution < -0.4 is 5.32 Å². The quantitative estimate of drug-likeness (QED) is 0.719. The van der Waals surface area contributed by atoms with Crippen LogP contribution in [0, 0.1) is 0 Å². The highest BCUT2D eigenvalue weighted by atomic mass is 14.9. The fourth-order valence-electron chi connectivity index (χ4n) is 1.78. The maximum Gasteiger partial charge on any atom is 0.0777 e. The molecular formula is C13H12N4. The Labute approximate surface area is 98.7 Å².